The SMILES string of the molecule is CCCCCCCCC(CCC(C)N)C(OCC)(OCC)OCC. The predicted molar refractivity (Wildman–Crippen MR) is 102 cm³/mol. The van der Waals surface area contributed by atoms with E-state index in [2.05, 4.69) is 13.8 Å². The van der Waals surface area contributed by atoms with Gasteiger partial charge < -0.3 is 19.9 Å². The molecule has 2 N–H and O–H groups in total. The van der Waals surface area contributed by atoms with Gasteiger partial charge in [-0.1, -0.05) is 45.4 Å². The monoisotopic (exact) mass is 345 g/mol. The Morgan fingerprint density at radius 3 is 1.67 bits per heavy atom. The molecule has 0 aromatic heterocycles. The van der Waals surface area contributed by atoms with Gasteiger partial charge in [-0.25, -0.2) is 0 Å². The molecule has 0 aliphatic rings. The van der Waals surface area contributed by atoms with Crippen molar-refractivity contribution in [1.29, 1.82) is 0 Å². The number of ether oxygens (including phenoxy) is 3. The third-order valence-corrected chi connectivity index (χ3v) is 4.41. The molecule has 0 saturated carbocycles. The Morgan fingerprint density at radius 1 is 0.708 bits per heavy atom. The zero-order valence-corrected chi connectivity index (χ0v) is 16.9. The summed E-state index contributed by atoms with van der Waals surface area (Å²) >= 11 is 0. The Balaban J connectivity index is 4.80. The van der Waals surface area contributed by atoms with Gasteiger partial charge >= 0.3 is 0 Å². The van der Waals surface area contributed by atoms with Crippen molar-refractivity contribution in [3.63, 3.8) is 0 Å². The average molecular weight is 346 g/mol. The normalized spacial score (nSPS) is 14.8. The molecule has 2 unspecified atom stereocenters. The van der Waals surface area contributed by atoms with E-state index in [0.717, 1.165) is 19.3 Å². The highest BCUT2D eigenvalue weighted by molar-refractivity contribution is 4.74. The molecule has 0 radical (unpaired) electrons. The number of rotatable bonds is 17. The van der Waals surface area contributed by atoms with Crippen LogP contribution in [0.5, 0.6) is 0 Å². The van der Waals surface area contributed by atoms with Crippen molar-refractivity contribution in [2.24, 2.45) is 11.7 Å². The van der Waals surface area contributed by atoms with Gasteiger partial charge in [-0.2, -0.15) is 0 Å². The molecule has 4 heteroatoms. The Labute approximate surface area is 150 Å². The van der Waals surface area contributed by atoms with Crippen LogP contribution in [0.4, 0.5) is 0 Å². The number of hydrogen-bond acceptors (Lipinski definition) is 4. The van der Waals surface area contributed by atoms with E-state index in [1.54, 1.807) is 0 Å². The van der Waals surface area contributed by atoms with Crippen LogP contribution in [0, 0.1) is 5.92 Å². The van der Waals surface area contributed by atoms with Gasteiger partial charge in [0.2, 0.25) is 0 Å². The van der Waals surface area contributed by atoms with Crippen molar-refractivity contribution in [3.05, 3.63) is 0 Å². The first kappa shape index (κ1) is 23.8. The maximum atomic E-state index is 6.02. The minimum atomic E-state index is -0.906. The van der Waals surface area contributed by atoms with E-state index in [0.29, 0.717) is 19.8 Å². The van der Waals surface area contributed by atoms with Crippen LogP contribution in [0.1, 0.15) is 92.4 Å². The minimum Gasteiger partial charge on any atom is -0.328 e. The van der Waals surface area contributed by atoms with Crippen LogP contribution < -0.4 is 5.73 Å². The Morgan fingerprint density at radius 2 is 1.21 bits per heavy atom. The van der Waals surface area contributed by atoms with Crippen molar-refractivity contribution in [3.8, 4) is 0 Å². The zero-order valence-electron chi connectivity index (χ0n) is 16.9. The molecule has 4 nitrogen and oxygen atoms in total. The van der Waals surface area contributed by atoms with Gasteiger partial charge in [0.1, 0.15) is 0 Å². The molecule has 0 saturated heterocycles. The van der Waals surface area contributed by atoms with Gasteiger partial charge in [0.05, 0.1) is 0 Å². The lowest BCUT2D eigenvalue weighted by Crippen LogP contribution is -2.47. The summed E-state index contributed by atoms with van der Waals surface area (Å²) in [7, 11) is 0. The Kier molecular flexibility index (Phi) is 15.0. The smallest absolute Gasteiger partial charge is 0.285 e. The Hall–Kier alpha value is -0.160. The lowest BCUT2D eigenvalue weighted by molar-refractivity contribution is -0.403. The molecule has 0 fully saturated rings. The molecule has 0 heterocycles. The van der Waals surface area contributed by atoms with Gasteiger partial charge in [-0.05, 0) is 47.0 Å². The lowest BCUT2D eigenvalue weighted by Gasteiger charge is -2.39. The summed E-state index contributed by atoms with van der Waals surface area (Å²) < 4.78 is 18.0. The molecule has 0 bridgehead atoms. The van der Waals surface area contributed by atoms with Crippen molar-refractivity contribution in [2.75, 3.05) is 19.8 Å². The fourth-order valence-electron chi connectivity index (χ4n) is 3.22. The first-order valence-corrected chi connectivity index (χ1v) is 10.2. The second kappa shape index (κ2) is 15.1. The molecule has 0 aromatic carbocycles. The maximum absolute atomic E-state index is 6.02. The van der Waals surface area contributed by atoms with E-state index in [1.807, 2.05) is 20.8 Å². The van der Waals surface area contributed by atoms with Crippen LogP contribution in [0.3, 0.4) is 0 Å². The van der Waals surface area contributed by atoms with Crippen LogP contribution in [0.15, 0.2) is 0 Å². The Bertz CT molecular complexity index is 255. The summed E-state index contributed by atoms with van der Waals surface area (Å²) in [4.78, 5) is 0. The van der Waals surface area contributed by atoms with E-state index in [1.165, 1.54) is 38.5 Å². The largest absolute Gasteiger partial charge is 0.328 e. The summed E-state index contributed by atoms with van der Waals surface area (Å²) in [6.45, 7) is 12.1. The van der Waals surface area contributed by atoms with Crippen LogP contribution in [-0.4, -0.2) is 31.8 Å². The lowest BCUT2D eigenvalue weighted by atomic mass is 9.91. The summed E-state index contributed by atoms with van der Waals surface area (Å²) in [5, 5.41) is 0. The molecule has 0 aliphatic heterocycles. The van der Waals surface area contributed by atoms with Crippen LogP contribution in [0.25, 0.3) is 0 Å². The topological polar surface area (TPSA) is 53.7 Å². The molecule has 0 spiro atoms. The standard InChI is InChI=1S/C20H43NO3/c1-6-10-11-12-13-14-15-19(17-16-18(5)21)20(22-7-2,23-8-3)24-9-4/h18-19H,6-17,21H2,1-5H3. The van der Waals surface area contributed by atoms with E-state index in [4.69, 9.17) is 19.9 Å². The maximum Gasteiger partial charge on any atom is 0.285 e. The number of unbranched alkanes of at least 4 members (excludes halogenated alkanes) is 5. The van der Waals surface area contributed by atoms with Gasteiger partial charge in [-0.15, -0.1) is 0 Å². The highest BCUT2D eigenvalue weighted by Crippen LogP contribution is 2.34. The quantitative estimate of drug-likeness (QED) is 0.289. The van der Waals surface area contributed by atoms with Crippen LogP contribution in [0.2, 0.25) is 0 Å². The number of hydrogen-bond donors (Lipinski definition) is 1. The molecule has 0 rings (SSSR count). The van der Waals surface area contributed by atoms with E-state index < -0.39 is 5.97 Å². The van der Waals surface area contributed by atoms with Gasteiger partial charge in [0.15, 0.2) is 0 Å². The van der Waals surface area contributed by atoms with Crippen molar-refractivity contribution >= 4 is 0 Å². The average Bonchev–Trinajstić information content (AvgIpc) is 2.53. The molecule has 0 aromatic rings. The first-order valence-electron chi connectivity index (χ1n) is 10.2. The van der Waals surface area contributed by atoms with Gasteiger partial charge in [0.25, 0.3) is 5.97 Å². The third-order valence-electron chi connectivity index (χ3n) is 4.41. The fourth-order valence-corrected chi connectivity index (χ4v) is 3.22. The molecule has 0 aliphatic carbocycles. The van der Waals surface area contributed by atoms with Crippen molar-refractivity contribution in [2.45, 2.75) is 104 Å². The van der Waals surface area contributed by atoms with Gasteiger partial charge in [-0.3, -0.25) is 0 Å². The minimum absolute atomic E-state index is 0.194. The molecular formula is C20H43NO3. The second-order valence-electron chi connectivity index (χ2n) is 6.71. The fraction of sp³-hybridized carbons (Fsp3) is 1.00. The summed E-state index contributed by atoms with van der Waals surface area (Å²) in [6, 6.07) is 0.194. The van der Waals surface area contributed by atoms with Crippen LogP contribution in [-0.2, 0) is 14.2 Å². The number of nitrogens with two attached hydrogens (primary N) is 1. The third kappa shape index (κ3) is 9.97. The summed E-state index contributed by atoms with van der Waals surface area (Å²) in [5.41, 5.74) is 5.99. The van der Waals surface area contributed by atoms with E-state index in [-0.39, 0.29) is 12.0 Å². The molecule has 0 amide bonds. The zero-order chi connectivity index (χ0) is 18.3. The first-order chi connectivity index (χ1) is 11.6. The van der Waals surface area contributed by atoms with E-state index >= 15 is 0 Å². The van der Waals surface area contributed by atoms with Gasteiger partial charge in [0, 0.05) is 31.8 Å². The summed E-state index contributed by atoms with van der Waals surface area (Å²) in [5.74, 6) is -0.675. The molecule has 24 heavy (non-hydrogen) atoms. The summed E-state index contributed by atoms with van der Waals surface area (Å²) in [6.07, 6.45) is 10.8. The highest BCUT2D eigenvalue weighted by atomic mass is 16.9. The molecular weight excluding hydrogens is 302 g/mol. The highest BCUT2D eigenvalue weighted by Gasteiger charge is 2.41. The molecule has 2 atom stereocenters. The van der Waals surface area contributed by atoms with E-state index in [9.17, 15) is 0 Å². The van der Waals surface area contributed by atoms with Crippen molar-refractivity contribution < 1.29 is 14.2 Å². The predicted octanol–water partition coefficient (Wildman–Crippen LogP) is 5.24. The van der Waals surface area contributed by atoms with Crippen molar-refractivity contribution in [1.82, 2.24) is 0 Å². The van der Waals surface area contributed by atoms with Crippen LogP contribution >= 0.6 is 0 Å². The second-order valence-corrected chi connectivity index (χ2v) is 6.71. The molecule has 146 valence electrons.